The zero-order chi connectivity index (χ0) is 23.8. The topological polar surface area (TPSA) is 105 Å². The fraction of sp³-hybridized carbons (Fsp3) is 0.423. The molecule has 0 saturated heterocycles. The first-order chi connectivity index (χ1) is 15.9. The van der Waals surface area contributed by atoms with E-state index in [1.54, 1.807) is 6.92 Å². The molecule has 0 bridgehead atoms. The van der Waals surface area contributed by atoms with Crippen molar-refractivity contribution in [3.8, 4) is 11.1 Å². The summed E-state index contributed by atoms with van der Waals surface area (Å²) in [7, 11) is 0. The Bertz CT molecular complexity index is 945. The highest BCUT2D eigenvalue weighted by molar-refractivity contribution is 5.79. The molecule has 176 valence electrons. The van der Waals surface area contributed by atoms with Crippen LogP contribution in [0.1, 0.15) is 50.2 Å². The Morgan fingerprint density at radius 1 is 0.939 bits per heavy atom. The van der Waals surface area contributed by atoms with Gasteiger partial charge in [0.25, 0.3) is 0 Å². The van der Waals surface area contributed by atoms with Gasteiger partial charge in [-0.2, -0.15) is 0 Å². The molecule has 0 aliphatic heterocycles. The number of ether oxygens (including phenoxy) is 1. The summed E-state index contributed by atoms with van der Waals surface area (Å²) in [5.41, 5.74) is 4.74. The lowest BCUT2D eigenvalue weighted by molar-refractivity contribution is -0.141. The van der Waals surface area contributed by atoms with Gasteiger partial charge < -0.3 is 20.5 Å². The first kappa shape index (κ1) is 24.3. The summed E-state index contributed by atoms with van der Waals surface area (Å²) in [5, 5.41) is 14.3. The molecule has 2 amide bonds. The van der Waals surface area contributed by atoms with Crippen LogP contribution in [0.3, 0.4) is 0 Å². The fourth-order valence-electron chi connectivity index (χ4n) is 4.03. The van der Waals surface area contributed by atoms with Gasteiger partial charge in [-0.05, 0) is 41.0 Å². The van der Waals surface area contributed by atoms with Crippen molar-refractivity contribution in [2.75, 3.05) is 19.7 Å². The van der Waals surface area contributed by atoms with E-state index < -0.39 is 18.0 Å². The summed E-state index contributed by atoms with van der Waals surface area (Å²) in [6.07, 6.45) is 1.28. The third-order valence-electron chi connectivity index (χ3n) is 6.14. The maximum absolute atomic E-state index is 12.2. The number of hydrogen-bond acceptors (Lipinski definition) is 4. The Hall–Kier alpha value is -3.35. The number of benzene rings is 2. The van der Waals surface area contributed by atoms with Crippen LogP contribution in [0.25, 0.3) is 11.1 Å². The van der Waals surface area contributed by atoms with Gasteiger partial charge in [0.2, 0.25) is 5.91 Å². The van der Waals surface area contributed by atoms with Crippen LogP contribution in [0, 0.1) is 11.8 Å². The molecule has 0 radical (unpaired) electrons. The van der Waals surface area contributed by atoms with Crippen molar-refractivity contribution in [1.82, 2.24) is 10.6 Å². The zero-order valence-electron chi connectivity index (χ0n) is 19.2. The van der Waals surface area contributed by atoms with E-state index in [2.05, 4.69) is 34.9 Å². The van der Waals surface area contributed by atoms with Crippen LogP contribution in [-0.4, -0.2) is 42.8 Å². The summed E-state index contributed by atoms with van der Waals surface area (Å²) in [4.78, 5) is 34.9. The fourth-order valence-corrected chi connectivity index (χ4v) is 4.03. The smallest absolute Gasteiger partial charge is 0.407 e. The van der Waals surface area contributed by atoms with Crippen molar-refractivity contribution in [3.63, 3.8) is 0 Å². The molecule has 2 aromatic carbocycles. The molecule has 1 aliphatic carbocycles. The molecule has 2 unspecified atom stereocenters. The molecule has 1 aliphatic rings. The summed E-state index contributed by atoms with van der Waals surface area (Å²) in [5.74, 6) is -1.42. The van der Waals surface area contributed by atoms with Gasteiger partial charge in [0, 0.05) is 25.4 Å². The second kappa shape index (κ2) is 11.5. The summed E-state index contributed by atoms with van der Waals surface area (Å²) in [6, 6.07) is 16.4. The average Bonchev–Trinajstić information content (AvgIpc) is 3.13. The Morgan fingerprint density at radius 2 is 1.55 bits per heavy atom. The minimum Gasteiger partial charge on any atom is -0.481 e. The molecule has 3 rings (SSSR count). The van der Waals surface area contributed by atoms with E-state index in [1.165, 1.54) is 22.3 Å². The predicted octanol–water partition coefficient (Wildman–Crippen LogP) is 4.17. The summed E-state index contributed by atoms with van der Waals surface area (Å²) >= 11 is 0. The van der Waals surface area contributed by atoms with Crippen LogP contribution in [-0.2, 0) is 14.3 Å². The standard InChI is InChI=1S/C26H32N2O5/c1-17(11-12-24(29)28-15-18(2)25(30)31)13-14-27-26(32)33-16-23-21-9-5-3-7-19(21)20-8-4-6-10-22(20)23/h3-10,17-18,23H,11-16H2,1-2H3,(H,27,32)(H,28,29)(H,30,31). The number of nitrogens with one attached hydrogen (secondary N) is 2. The third kappa shape index (κ3) is 6.57. The largest absolute Gasteiger partial charge is 0.481 e. The number of aliphatic carboxylic acids is 1. The van der Waals surface area contributed by atoms with E-state index in [0.29, 0.717) is 19.4 Å². The number of carboxylic acid groups (broad SMARTS) is 1. The molecular formula is C26H32N2O5. The number of alkyl carbamates (subject to hydrolysis) is 1. The van der Waals surface area contributed by atoms with Crippen LogP contribution < -0.4 is 10.6 Å². The number of carbonyl (C=O) groups excluding carboxylic acids is 2. The van der Waals surface area contributed by atoms with E-state index in [9.17, 15) is 14.4 Å². The minimum atomic E-state index is -0.928. The van der Waals surface area contributed by atoms with E-state index in [0.717, 1.165) is 6.42 Å². The van der Waals surface area contributed by atoms with Crippen LogP contribution in [0.2, 0.25) is 0 Å². The summed E-state index contributed by atoms with van der Waals surface area (Å²) in [6.45, 7) is 4.46. The highest BCUT2D eigenvalue weighted by Crippen LogP contribution is 2.44. The van der Waals surface area contributed by atoms with Crippen molar-refractivity contribution in [1.29, 1.82) is 0 Å². The van der Waals surface area contributed by atoms with Crippen molar-refractivity contribution in [3.05, 3.63) is 59.7 Å². The molecule has 2 atom stereocenters. The van der Waals surface area contributed by atoms with Gasteiger partial charge in [-0.15, -0.1) is 0 Å². The number of amides is 2. The molecule has 3 N–H and O–H groups in total. The first-order valence-electron chi connectivity index (χ1n) is 11.4. The SMILES string of the molecule is CC(CCNC(=O)OCC1c2ccccc2-c2ccccc21)CCC(=O)NCC(C)C(=O)O. The second-order valence-electron chi connectivity index (χ2n) is 8.73. The van der Waals surface area contributed by atoms with E-state index in [4.69, 9.17) is 9.84 Å². The lowest BCUT2D eigenvalue weighted by Gasteiger charge is -2.15. The molecule has 0 aromatic heterocycles. The van der Waals surface area contributed by atoms with Crippen LogP contribution in [0.4, 0.5) is 4.79 Å². The van der Waals surface area contributed by atoms with Crippen LogP contribution >= 0.6 is 0 Å². The second-order valence-corrected chi connectivity index (χ2v) is 8.73. The Morgan fingerprint density at radius 3 is 2.15 bits per heavy atom. The molecule has 2 aromatic rings. The lowest BCUT2D eigenvalue weighted by Crippen LogP contribution is -2.31. The lowest BCUT2D eigenvalue weighted by atomic mass is 9.98. The van der Waals surface area contributed by atoms with Crippen molar-refractivity contribution in [2.45, 2.75) is 39.0 Å². The Balaban J connectivity index is 1.36. The third-order valence-corrected chi connectivity index (χ3v) is 6.14. The zero-order valence-corrected chi connectivity index (χ0v) is 19.2. The Labute approximate surface area is 194 Å². The van der Waals surface area contributed by atoms with Crippen LogP contribution in [0.5, 0.6) is 0 Å². The van der Waals surface area contributed by atoms with Gasteiger partial charge in [-0.25, -0.2) is 4.79 Å². The van der Waals surface area contributed by atoms with Gasteiger partial charge in [0.05, 0.1) is 5.92 Å². The van der Waals surface area contributed by atoms with Gasteiger partial charge in [0.15, 0.2) is 0 Å². The molecule has 0 fully saturated rings. The highest BCUT2D eigenvalue weighted by atomic mass is 16.5. The predicted molar refractivity (Wildman–Crippen MR) is 126 cm³/mol. The van der Waals surface area contributed by atoms with Crippen molar-refractivity contribution >= 4 is 18.0 Å². The van der Waals surface area contributed by atoms with Gasteiger partial charge in [-0.1, -0.05) is 62.4 Å². The van der Waals surface area contributed by atoms with Gasteiger partial charge in [-0.3, -0.25) is 9.59 Å². The molecule has 0 saturated carbocycles. The number of hydrogen-bond donors (Lipinski definition) is 3. The van der Waals surface area contributed by atoms with E-state index in [-0.39, 0.29) is 30.9 Å². The van der Waals surface area contributed by atoms with Gasteiger partial charge >= 0.3 is 12.1 Å². The highest BCUT2D eigenvalue weighted by Gasteiger charge is 2.28. The normalized spacial score (nSPS) is 14.0. The average molecular weight is 453 g/mol. The van der Waals surface area contributed by atoms with Crippen molar-refractivity contribution in [2.24, 2.45) is 11.8 Å². The van der Waals surface area contributed by atoms with E-state index >= 15 is 0 Å². The molecule has 33 heavy (non-hydrogen) atoms. The maximum atomic E-state index is 12.2. The number of rotatable bonds is 11. The number of carbonyl (C=O) groups is 3. The first-order valence-corrected chi connectivity index (χ1v) is 11.4. The molecule has 0 spiro atoms. The molecule has 0 heterocycles. The van der Waals surface area contributed by atoms with Gasteiger partial charge in [0.1, 0.15) is 6.61 Å². The molecule has 7 heteroatoms. The molecule has 7 nitrogen and oxygen atoms in total. The van der Waals surface area contributed by atoms with E-state index in [1.807, 2.05) is 31.2 Å². The quantitative estimate of drug-likeness (QED) is 0.475. The van der Waals surface area contributed by atoms with Crippen LogP contribution in [0.15, 0.2) is 48.5 Å². The minimum absolute atomic E-state index is 0.0319. The Kier molecular flexibility index (Phi) is 8.46. The number of carboxylic acids is 1. The number of fused-ring (bicyclic) bond motifs is 3. The monoisotopic (exact) mass is 452 g/mol. The summed E-state index contributed by atoms with van der Waals surface area (Å²) < 4.78 is 5.53. The maximum Gasteiger partial charge on any atom is 0.407 e. The molecular weight excluding hydrogens is 420 g/mol. The van der Waals surface area contributed by atoms with Crippen molar-refractivity contribution < 1.29 is 24.2 Å².